The van der Waals surface area contributed by atoms with Gasteiger partial charge in [-0.05, 0) is 19.1 Å². The second-order valence-corrected chi connectivity index (χ2v) is 8.38. The van der Waals surface area contributed by atoms with Gasteiger partial charge < -0.3 is 8.94 Å². The Bertz CT molecular complexity index is 1170. The summed E-state index contributed by atoms with van der Waals surface area (Å²) in [6.07, 6.45) is 1.76. The van der Waals surface area contributed by atoms with Gasteiger partial charge in [-0.2, -0.15) is 4.98 Å². The van der Waals surface area contributed by atoms with Crippen molar-refractivity contribution < 1.29 is 8.94 Å². The molecule has 0 saturated carbocycles. The average molecular weight is 450 g/mol. The van der Waals surface area contributed by atoms with Crippen LogP contribution in [-0.2, 0) is 6.54 Å². The van der Waals surface area contributed by atoms with E-state index in [4.69, 9.17) is 20.5 Å². The van der Waals surface area contributed by atoms with Crippen molar-refractivity contribution in [3.8, 4) is 22.7 Å². The summed E-state index contributed by atoms with van der Waals surface area (Å²) >= 11 is 6.08. The van der Waals surface area contributed by atoms with Gasteiger partial charge >= 0.3 is 0 Å². The third-order valence-electron chi connectivity index (χ3n) is 5.81. The fourth-order valence-electron chi connectivity index (χ4n) is 3.92. The summed E-state index contributed by atoms with van der Waals surface area (Å²) < 4.78 is 11.5. The predicted molar refractivity (Wildman–Crippen MR) is 122 cm³/mol. The second kappa shape index (κ2) is 9.24. The molecule has 0 radical (unpaired) electrons. The number of rotatable bonds is 6. The molecule has 1 saturated heterocycles. The van der Waals surface area contributed by atoms with Crippen molar-refractivity contribution in [1.29, 1.82) is 0 Å². The minimum absolute atomic E-state index is 0.0679. The van der Waals surface area contributed by atoms with Gasteiger partial charge in [0.05, 0.1) is 18.8 Å². The van der Waals surface area contributed by atoms with Crippen molar-refractivity contribution in [2.24, 2.45) is 0 Å². The largest absolute Gasteiger partial charge is 0.439 e. The molecule has 32 heavy (non-hydrogen) atoms. The van der Waals surface area contributed by atoms with E-state index in [0.29, 0.717) is 29.2 Å². The van der Waals surface area contributed by atoms with Gasteiger partial charge in [-0.25, -0.2) is 4.98 Å². The Morgan fingerprint density at radius 2 is 1.78 bits per heavy atom. The number of hydrogen-bond donors (Lipinski definition) is 0. The zero-order valence-corrected chi connectivity index (χ0v) is 18.6. The van der Waals surface area contributed by atoms with Gasteiger partial charge in [-0.15, -0.1) is 0 Å². The molecular weight excluding hydrogens is 426 g/mol. The van der Waals surface area contributed by atoms with Crippen LogP contribution in [0.3, 0.4) is 0 Å². The maximum atomic E-state index is 6.08. The molecule has 7 nitrogen and oxygen atoms in total. The molecule has 164 valence electrons. The number of hydrogen-bond acceptors (Lipinski definition) is 7. The number of benzene rings is 2. The zero-order valence-electron chi connectivity index (χ0n) is 17.8. The Morgan fingerprint density at radius 1 is 1.00 bits per heavy atom. The van der Waals surface area contributed by atoms with Gasteiger partial charge in [0, 0.05) is 42.3 Å². The predicted octanol–water partition coefficient (Wildman–Crippen LogP) is 4.92. The van der Waals surface area contributed by atoms with E-state index in [1.54, 1.807) is 6.20 Å². The van der Waals surface area contributed by atoms with Crippen molar-refractivity contribution >= 4 is 11.6 Å². The van der Waals surface area contributed by atoms with Crippen LogP contribution < -0.4 is 0 Å². The van der Waals surface area contributed by atoms with Crippen molar-refractivity contribution in [2.75, 3.05) is 26.2 Å². The first-order valence-corrected chi connectivity index (χ1v) is 11.1. The van der Waals surface area contributed by atoms with Crippen LogP contribution in [0, 0.1) is 0 Å². The van der Waals surface area contributed by atoms with Crippen LogP contribution in [0.1, 0.15) is 24.7 Å². The lowest BCUT2D eigenvalue weighted by atomic mass is 10.2. The Labute approximate surface area is 191 Å². The maximum Gasteiger partial charge on any atom is 0.244 e. The van der Waals surface area contributed by atoms with E-state index in [1.165, 1.54) is 0 Å². The first kappa shape index (κ1) is 20.9. The number of nitrogens with zero attached hydrogens (tertiary/aromatic N) is 5. The Morgan fingerprint density at radius 3 is 2.56 bits per heavy atom. The van der Waals surface area contributed by atoms with Gasteiger partial charge in [-0.1, -0.05) is 59.2 Å². The third kappa shape index (κ3) is 4.60. The van der Waals surface area contributed by atoms with Crippen LogP contribution in [0.5, 0.6) is 0 Å². The Balaban J connectivity index is 1.17. The molecule has 1 atom stereocenters. The molecule has 2 aromatic carbocycles. The normalized spacial score (nSPS) is 16.3. The smallest absolute Gasteiger partial charge is 0.244 e. The third-order valence-corrected chi connectivity index (χ3v) is 6.04. The van der Waals surface area contributed by atoms with Gasteiger partial charge in [0.25, 0.3) is 0 Å². The lowest BCUT2D eigenvalue weighted by Crippen LogP contribution is -2.46. The van der Waals surface area contributed by atoms with E-state index in [0.717, 1.165) is 43.1 Å². The first-order valence-electron chi connectivity index (χ1n) is 10.7. The fourth-order valence-corrected chi connectivity index (χ4v) is 4.11. The van der Waals surface area contributed by atoms with E-state index < -0.39 is 0 Å². The second-order valence-electron chi connectivity index (χ2n) is 7.94. The highest BCUT2D eigenvalue weighted by Gasteiger charge is 2.26. The van der Waals surface area contributed by atoms with Gasteiger partial charge in [0.2, 0.25) is 17.6 Å². The molecule has 1 aliphatic heterocycles. The first-order chi connectivity index (χ1) is 15.7. The molecular formula is C24H24ClN5O2. The molecule has 2 aromatic heterocycles. The highest BCUT2D eigenvalue weighted by atomic mass is 35.5. The summed E-state index contributed by atoms with van der Waals surface area (Å²) in [5.41, 5.74) is 1.90. The molecule has 8 heteroatoms. The van der Waals surface area contributed by atoms with Crippen LogP contribution in [0.2, 0.25) is 5.02 Å². The summed E-state index contributed by atoms with van der Waals surface area (Å²) in [7, 11) is 0. The van der Waals surface area contributed by atoms with E-state index in [9.17, 15) is 0 Å². The highest BCUT2D eigenvalue weighted by molar-refractivity contribution is 6.30. The molecule has 3 heterocycles. The SMILES string of the molecule is CC(c1nc(-c2ccccc2)no1)N1CCN(Cc2ncc(-c3cccc(Cl)c3)o2)CC1. The van der Waals surface area contributed by atoms with Crippen molar-refractivity contribution in [3.63, 3.8) is 0 Å². The van der Waals surface area contributed by atoms with Crippen LogP contribution in [-0.4, -0.2) is 51.1 Å². The van der Waals surface area contributed by atoms with Gasteiger partial charge in [0.15, 0.2) is 5.76 Å². The van der Waals surface area contributed by atoms with E-state index >= 15 is 0 Å². The van der Waals surface area contributed by atoms with Crippen LogP contribution >= 0.6 is 11.6 Å². The summed E-state index contributed by atoms with van der Waals surface area (Å²) in [4.78, 5) is 13.8. The van der Waals surface area contributed by atoms with Crippen molar-refractivity contribution in [1.82, 2.24) is 24.9 Å². The number of piperazine rings is 1. The van der Waals surface area contributed by atoms with Gasteiger partial charge in [-0.3, -0.25) is 9.80 Å². The zero-order chi connectivity index (χ0) is 21.9. The lowest BCUT2D eigenvalue weighted by Gasteiger charge is -2.36. The Kier molecular flexibility index (Phi) is 6.03. The number of aromatic nitrogens is 3. The van der Waals surface area contributed by atoms with Crippen LogP contribution in [0.4, 0.5) is 0 Å². The fraction of sp³-hybridized carbons (Fsp3) is 0.292. The molecule has 1 fully saturated rings. The summed E-state index contributed by atoms with van der Waals surface area (Å²) in [6, 6.07) is 17.6. The molecule has 0 spiro atoms. The molecule has 5 rings (SSSR count). The van der Waals surface area contributed by atoms with E-state index in [-0.39, 0.29) is 6.04 Å². The van der Waals surface area contributed by atoms with Gasteiger partial charge in [0.1, 0.15) is 0 Å². The van der Waals surface area contributed by atoms with E-state index in [2.05, 4.69) is 31.8 Å². The monoisotopic (exact) mass is 449 g/mol. The molecule has 0 bridgehead atoms. The molecule has 0 N–H and O–H groups in total. The molecule has 1 unspecified atom stereocenters. The van der Waals surface area contributed by atoms with Crippen LogP contribution in [0.25, 0.3) is 22.7 Å². The molecule has 4 aromatic rings. The Hall–Kier alpha value is -3.00. The standard InChI is InChI=1S/C24H24ClN5O2/c1-17(24-27-23(28-32-24)18-6-3-2-4-7-18)30-12-10-29(11-13-30)16-22-26-15-21(31-22)19-8-5-9-20(25)14-19/h2-9,14-15,17H,10-13,16H2,1H3. The van der Waals surface area contributed by atoms with Crippen molar-refractivity contribution in [3.05, 3.63) is 77.6 Å². The van der Waals surface area contributed by atoms with Crippen molar-refractivity contribution in [2.45, 2.75) is 19.5 Å². The topological polar surface area (TPSA) is 71.4 Å². The summed E-state index contributed by atoms with van der Waals surface area (Å²) in [6.45, 7) is 6.45. The average Bonchev–Trinajstić information content (AvgIpc) is 3.50. The van der Waals surface area contributed by atoms with E-state index in [1.807, 2.05) is 54.6 Å². The summed E-state index contributed by atoms with van der Waals surface area (Å²) in [5.74, 6) is 2.73. The molecule has 1 aliphatic rings. The minimum atomic E-state index is 0.0679. The number of halogens is 1. The lowest BCUT2D eigenvalue weighted by molar-refractivity contribution is 0.0799. The molecule has 0 amide bonds. The maximum absolute atomic E-state index is 6.08. The quantitative estimate of drug-likeness (QED) is 0.413. The summed E-state index contributed by atoms with van der Waals surface area (Å²) in [5, 5.41) is 4.84. The molecule has 0 aliphatic carbocycles. The van der Waals surface area contributed by atoms with Crippen LogP contribution in [0.15, 0.2) is 69.7 Å². The number of oxazole rings is 1. The minimum Gasteiger partial charge on any atom is -0.439 e. The highest BCUT2D eigenvalue weighted by Crippen LogP contribution is 2.26.